The van der Waals surface area contributed by atoms with Crippen molar-refractivity contribution >= 4 is 5.52 Å². The van der Waals surface area contributed by atoms with Crippen LogP contribution < -0.4 is 5.56 Å². The van der Waals surface area contributed by atoms with Gasteiger partial charge in [0.1, 0.15) is 0 Å². The summed E-state index contributed by atoms with van der Waals surface area (Å²) in [5.74, 6) is 0. The third kappa shape index (κ3) is 1.58. The Hall–Kier alpha value is -1.78. The van der Waals surface area contributed by atoms with Crippen LogP contribution in [-0.4, -0.2) is 4.40 Å². The highest BCUT2D eigenvalue weighted by molar-refractivity contribution is 5.51. The summed E-state index contributed by atoms with van der Waals surface area (Å²) in [6.07, 6.45) is -3.04. The zero-order chi connectivity index (χ0) is 11.9. The summed E-state index contributed by atoms with van der Waals surface area (Å²) in [5, 5.41) is 0. The summed E-state index contributed by atoms with van der Waals surface area (Å²) in [6, 6.07) is 5.64. The van der Waals surface area contributed by atoms with Gasteiger partial charge in [-0.25, -0.2) is 0 Å². The van der Waals surface area contributed by atoms with Gasteiger partial charge < -0.3 is 0 Å². The molecule has 2 heterocycles. The van der Waals surface area contributed by atoms with Gasteiger partial charge in [0.15, 0.2) is 0 Å². The second-order valence-corrected chi connectivity index (χ2v) is 3.48. The van der Waals surface area contributed by atoms with E-state index in [1.54, 1.807) is 12.1 Å². The number of aromatic nitrogens is 1. The van der Waals surface area contributed by atoms with Crippen LogP contribution in [0.25, 0.3) is 5.52 Å². The quantitative estimate of drug-likeness (QED) is 0.677. The first-order valence-electron chi connectivity index (χ1n) is 4.59. The molecule has 0 unspecified atom stereocenters. The average Bonchev–Trinajstić information content (AvgIpc) is 2.22. The fourth-order valence-corrected chi connectivity index (χ4v) is 1.61. The van der Waals surface area contributed by atoms with E-state index in [9.17, 15) is 18.0 Å². The molecule has 0 bridgehead atoms. The summed E-state index contributed by atoms with van der Waals surface area (Å²) in [6.45, 7) is 1.19. The molecule has 0 atom stereocenters. The Balaban J connectivity index is 2.90. The Morgan fingerprint density at radius 2 is 1.94 bits per heavy atom. The minimum atomic E-state index is -4.49. The lowest BCUT2D eigenvalue weighted by Gasteiger charge is -2.11. The average molecular weight is 227 g/mol. The molecule has 0 N–H and O–H groups in total. The molecule has 16 heavy (non-hydrogen) atoms. The predicted molar refractivity (Wildman–Crippen MR) is 53.4 cm³/mol. The van der Waals surface area contributed by atoms with Crippen molar-refractivity contribution in [1.29, 1.82) is 0 Å². The van der Waals surface area contributed by atoms with Gasteiger partial charge in [0.05, 0.1) is 5.56 Å². The summed E-state index contributed by atoms with van der Waals surface area (Å²) in [7, 11) is 0. The van der Waals surface area contributed by atoms with Crippen LogP contribution >= 0.6 is 0 Å². The SMILES string of the molecule is Cc1c(C(F)(F)F)cc2ccccn2c1=O. The maximum atomic E-state index is 12.6. The Morgan fingerprint density at radius 1 is 1.25 bits per heavy atom. The van der Waals surface area contributed by atoms with Crippen LogP contribution in [0.3, 0.4) is 0 Å². The minimum absolute atomic E-state index is 0.241. The molecule has 0 aliphatic heterocycles. The molecule has 0 aliphatic rings. The van der Waals surface area contributed by atoms with Crippen molar-refractivity contribution in [2.45, 2.75) is 13.1 Å². The molecular formula is C11H8F3NO. The zero-order valence-corrected chi connectivity index (χ0v) is 8.38. The lowest BCUT2D eigenvalue weighted by molar-refractivity contribution is -0.138. The van der Waals surface area contributed by atoms with Crippen LogP contribution in [0.15, 0.2) is 35.3 Å². The van der Waals surface area contributed by atoms with Crippen molar-refractivity contribution in [3.05, 3.63) is 51.9 Å². The molecule has 0 saturated heterocycles. The number of rotatable bonds is 0. The van der Waals surface area contributed by atoms with E-state index in [-0.39, 0.29) is 11.1 Å². The van der Waals surface area contributed by atoms with Crippen LogP contribution in [0, 0.1) is 6.92 Å². The topological polar surface area (TPSA) is 21.5 Å². The number of hydrogen-bond acceptors (Lipinski definition) is 1. The molecule has 0 spiro atoms. The van der Waals surface area contributed by atoms with Gasteiger partial charge in [-0.05, 0) is 25.1 Å². The van der Waals surface area contributed by atoms with Crippen molar-refractivity contribution < 1.29 is 13.2 Å². The summed E-state index contributed by atoms with van der Waals surface area (Å²) >= 11 is 0. The number of hydrogen-bond donors (Lipinski definition) is 0. The second-order valence-electron chi connectivity index (χ2n) is 3.48. The molecule has 2 rings (SSSR count). The minimum Gasteiger partial charge on any atom is -0.284 e. The monoisotopic (exact) mass is 227 g/mol. The molecule has 2 aromatic rings. The number of alkyl halides is 3. The zero-order valence-electron chi connectivity index (χ0n) is 8.38. The standard InChI is InChI=1S/C11H8F3NO/c1-7-9(11(12,13)14)6-8-4-2-3-5-15(8)10(7)16/h2-6H,1H3. The summed E-state index contributed by atoms with van der Waals surface area (Å²) in [5.41, 5.74) is -1.55. The molecular weight excluding hydrogens is 219 g/mol. The molecule has 0 saturated carbocycles. The van der Waals surface area contributed by atoms with Crippen LogP contribution in [0.2, 0.25) is 0 Å². The van der Waals surface area contributed by atoms with Crippen molar-refractivity contribution in [3.63, 3.8) is 0 Å². The van der Waals surface area contributed by atoms with Crippen LogP contribution in [-0.2, 0) is 6.18 Å². The predicted octanol–water partition coefficient (Wildman–Crippen LogP) is 2.63. The van der Waals surface area contributed by atoms with Gasteiger partial charge in [0.25, 0.3) is 5.56 Å². The largest absolute Gasteiger partial charge is 0.416 e. The summed E-state index contributed by atoms with van der Waals surface area (Å²) in [4.78, 5) is 11.7. The third-order valence-electron chi connectivity index (χ3n) is 2.43. The van der Waals surface area contributed by atoms with Crippen LogP contribution in [0.4, 0.5) is 13.2 Å². The fourth-order valence-electron chi connectivity index (χ4n) is 1.61. The highest BCUT2D eigenvalue weighted by Crippen LogP contribution is 2.31. The molecule has 2 nitrogen and oxygen atoms in total. The van der Waals surface area contributed by atoms with E-state index < -0.39 is 17.3 Å². The Morgan fingerprint density at radius 3 is 2.56 bits per heavy atom. The first kappa shape index (κ1) is 10.7. The Labute approximate surface area is 88.9 Å². The van der Waals surface area contributed by atoms with Gasteiger partial charge in [0, 0.05) is 17.3 Å². The van der Waals surface area contributed by atoms with Crippen LogP contribution in [0.1, 0.15) is 11.1 Å². The van der Waals surface area contributed by atoms with Crippen LogP contribution in [0.5, 0.6) is 0 Å². The summed E-state index contributed by atoms with van der Waals surface area (Å²) < 4.78 is 39.0. The van der Waals surface area contributed by atoms with Gasteiger partial charge in [0.2, 0.25) is 0 Å². The van der Waals surface area contributed by atoms with Crippen molar-refractivity contribution in [2.24, 2.45) is 0 Å². The maximum Gasteiger partial charge on any atom is 0.416 e. The van der Waals surface area contributed by atoms with Crippen molar-refractivity contribution in [1.82, 2.24) is 4.40 Å². The third-order valence-corrected chi connectivity index (χ3v) is 2.43. The maximum absolute atomic E-state index is 12.6. The molecule has 0 radical (unpaired) electrons. The molecule has 5 heteroatoms. The number of halogens is 3. The second kappa shape index (κ2) is 3.37. The van der Waals surface area contributed by atoms with Crippen molar-refractivity contribution in [3.8, 4) is 0 Å². The Kier molecular flexibility index (Phi) is 2.26. The smallest absolute Gasteiger partial charge is 0.284 e. The van der Waals surface area contributed by atoms with Crippen molar-refractivity contribution in [2.75, 3.05) is 0 Å². The fraction of sp³-hybridized carbons (Fsp3) is 0.182. The number of pyridine rings is 2. The number of nitrogens with zero attached hydrogens (tertiary/aromatic N) is 1. The van der Waals surface area contributed by atoms with Gasteiger partial charge in [-0.3, -0.25) is 9.20 Å². The van der Waals surface area contributed by atoms with Gasteiger partial charge in [-0.2, -0.15) is 13.2 Å². The van der Waals surface area contributed by atoms with E-state index in [4.69, 9.17) is 0 Å². The first-order valence-corrected chi connectivity index (χ1v) is 4.59. The Bertz CT molecular complexity index is 598. The van der Waals surface area contributed by atoms with E-state index in [1.165, 1.54) is 23.6 Å². The molecule has 84 valence electrons. The highest BCUT2D eigenvalue weighted by Gasteiger charge is 2.33. The van der Waals surface area contributed by atoms with E-state index in [0.29, 0.717) is 0 Å². The normalized spacial score (nSPS) is 12.0. The van der Waals surface area contributed by atoms with E-state index in [2.05, 4.69) is 0 Å². The number of fused-ring (bicyclic) bond motifs is 1. The van der Waals surface area contributed by atoms with Gasteiger partial charge in [-0.15, -0.1) is 0 Å². The highest BCUT2D eigenvalue weighted by atomic mass is 19.4. The van der Waals surface area contributed by atoms with E-state index in [0.717, 1.165) is 6.07 Å². The van der Waals surface area contributed by atoms with Gasteiger partial charge in [-0.1, -0.05) is 6.07 Å². The molecule has 0 amide bonds. The molecule has 0 aromatic carbocycles. The lowest BCUT2D eigenvalue weighted by atomic mass is 10.1. The van der Waals surface area contributed by atoms with E-state index in [1.807, 2.05) is 0 Å². The van der Waals surface area contributed by atoms with E-state index >= 15 is 0 Å². The van der Waals surface area contributed by atoms with Gasteiger partial charge >= 0.3 is 6.18 Å². The molecule has 2 aromatic heterocycles. The molecule has 0 aliphatic carbocycles. The first-order chi connectivity index (χ1) is 7.41. The molecule has 0 fully saturated rings. The lowest BCUT2D eigenvalue weighted by Crippen LogP contribution is -2.21.